The Morgan fingerprint density at radius 3 is 2.48 bits per heavy atom. The maximum Gasteiger partial charge on any atom is 0.356 e. The van der Waals surface area contributed by atoms with Crippen LogP contribution in [0.15, 0.2) is 65.9 Å². The fourth-order valence-corrected chi connectivity index (χ4v) is 2.67. The van der Waals surface area contributed by atoms with Crippen molar-refractivity contribution in [1.82, 2.24) is 0 Å². The summed E-state index contributed by atoms with van der Waals surface area (Å²) in [4.78, 5) is 24.8. The molecule has 6 heteroatoms. The molecule has 2 aromatic rings. The molecule has 0 bridgehead atoms. The summed E-state index contributed by atoms with van der Waals surface area (Å²) >= 11 is 5.91. The number of nitrogens with one attached hydrogen (secondary N) is 1. The third-order valence-corrected chi connectivity index (χ3v) is 3.92. The zero-order valence-corrected chi connectivity index (χ0v) is 14.2. The van der Waals surface area contributed by atoms with Gasteiger partial charge in [-0.3, -0.25) is 0 Å². The Balaban J connectivity index is 2.02. The molecule has 5 nitrogen and oxygen atoms in total. The molecule has 0 radical (unpaired) electrons. The van der Waals surface area contributed by atoms with E-state index in [1.807, 2.05) is 18.2 Å². The number of hydrogen-bond donors (Lipinski definition) is 1. The Labute approximate surface area is 150 Å². The van der Waals surface area contributed by atoms with Gasteiger partial charge >= 0.3 is 11.9 Å². The Morgan fingerprint density at radius 1 is 1.16 bits per heavy atom. The average molecular weight is 358 g/mol. The van der Waals surface area contributed by atoms with Crippen molar-refractivity contribution in [2.75, 3.05) is 11.9 Å². The van der Waals surface area contributed by atoms with Gasteiger partial charge in [0.25, 0.3) is 0 Å². The third kappa shape index (κ3) is 3.67. The Morgan fingerprint density at radius 2 is 1.84 bits per heavy atom. The van der Waals surface area contributed by atoms with Crippen molar-refractivity contribution in [2.45, 2.75) is 13.0 Å². The minimum atomic E-state index is -0.838. The molecule has 0 aliphatic carbocycles. The number of cyclic esters (lactones) is 1. The van der Waals surface area contributed by atoms with Crippen molar-refractivity contribution in [3.05, 3.63) is 76.5 Å². The van der Waals surface area contributed by atoms with E-state index >= 15 is 0 Å². The van der Waals surface area contributed by atoms with Crippen LogP contribution in [0, 0.1) is 0 Å². The highest BCUT2D eigenvalue weighted by Crippen LogP contribution is 2.36. The van der Waals surface area contributed by atoms with E-state index in [2.05, 4.69) is 5.32 Å². The lowest BCUT2D eigenvalue weighted by Gasteiger charge is -2.13. The molecule has 1 N–H and O–H groups in total. The van der Waals surface area contributed by atoms with Gasteiger partial charge in [0.1, 0.15) is 11.3 Å². The van der Waals surface area contributed by atoms with Crippen LogP contribution in [0.25, 0.3) is 0 Å². The first-order chi connectivity index (χ1) is 12.1. The summed E-state index contributed by atoms with van der Waals surface area (Å²) in [5.74, 6) is -1.20. The molecule has 2 aromatic carbocycles. The predicted molar refractivity (Wildman–Crippen MR) is 94.0 cm³/mol. The van der Waals surface area contributed by atoms with E-state index in [0.717, 1.165) is 0 Å². The normalized spacial score (nSPS) is 16.6. The molecule has 0 aromatic heterocycles. The number of rotatable bonds is 5. The summed E-state index contributed by atoms with van der Waals surface area (Å²) < 4.78 is 10.6. The van der Waals surface area contributed by atoms with Crippen LogP contribution in [0.2, 0.25) is 5.02 Å². The van der Waals surface area contributed by atoms with Crippen molar-refractivity contribution in [3.8, 4) is 0 Å². The predicted octanol–water partition coefficient (Wildman–Crippen LogP) is 3.87. The molecule has 0 saturated carbocycles. The van der Waals surface area contributed by atoms with Crippen molar-refractivity contribution in [3.63, 3.8) is 0 Å². The van der Waals surface area contributed by atoms with Crippen LogP contribution in [-0.4, -0.2) is 18.5 Å². The maximum absolute atomic E-state index is 12.5. The minimum absolute atomic E-state index is 0.0876. The van der Waals surface area contributed by atoms with Crippen LogP contribution >= 0.6 is 11.6 Å². The van der Waals surface area contributed by atoms with Crippen LogP contribution in [0.4, 0.5) is 5.69 Å². The number of carbonyl (C=O) groups is 2. The maximum atomic E-state index is 12.5. The molecular formula is C19H16ClNO4. The zero-order valence-electron chi connectivity index (χ0n) is 13.5. The Kier molecular flexibility index (Phi) is 5.05. The highest BCUT2D eigenvalue weighted by Gasteiger charge is 2.40. The third-order valence-electron chi connectivity index (χ3n) is 3.67. The van der Waals surface area contributed by atoms with E-state index < -0.39 is 18.0 Å². The highest BCUT2D eigenvalue weighted by atomic mass is 35.5. The van der Waals surface area contributed by atoms with Crippen LogP contribution in [0.3, 0.4) is 0 Å². The number of esters is 2. The molecule has 25 heavy (non-hydrogen) atoms. The molecule has 1 atom stereocenters. The van der Waals surface area contributed by atoms with Crippen LogP contribution in [0.5, 0.6) is 0 Å². The molecule has 128 valence electrons. The molecule has 1 unspecified atom stereocenters. The minimum Gasteiger partial charge on any atom is -0.462 e. The van der Waals surface area contributed by atoms with Gasteiger partial charge in [0.15, 0.2) is 6.10 Å². The van der Waals surface area contributed by atoms with Gasteiger partial charge in [-0.2, -0.15) is 0 Å². The van der Waals surface area contributed by atoms with E-state index in [4.69, 9.17) is 21.1 Å². The first-order valence-electron chi connectivity index (χ1n) is 7.80. The van der Waals surface area contributed by atoms with E-state index in [-0.39, 0.29) is 17.9 Å². The average Bonchev–Trinajstić information content (AvgIpc) is 2.93. The van der Waals surface area contributed by atoms with Gasteiger partial charge in [0.05, 0.1) is 6.61 Å². The van der Waals surface area contributed by atoms with E-state index in [1.54, 1.807) is 43.3 Å². The molecule has 1 aliphatic rings. The van der Waals surface area contributed by atoms with Gasteiger partial charge in [-0.25, -0.2) is 9.59 Å². The lowest BCUT2D eigenvalue weighted by Crippen LogP contribution is -2.16. The standard InChI is InChI=1S/C19H16ClNO4/c1-2-24-18(22)15-16(21-14-6-4-3-5-7-14)19(23)25-17(15)12-8-10-13(20)11-9-12/h3-11,17,21H,2H2,1H3. The van der Waals surface area contributed by atoms with Crippen molar-refractivity contribution in [1.29, 1.82) is 0 Å². The van der Waals surface area contributed by atoms with E-state index in [0.29, 0.717) is 16.3 Å². The number of hydrogen-bond acceptors (Lipinski definition) is 5. The molecule has 1 heterocycles. The first-order valence-corrected chi connectivity index (χ1v) is 8.17. The first kappa shape index (κ1) is 17.0. The molecule has 0 amide bonds. The summed E-state index contributed by atoms with van der Waals surface area (Å²) in [6.45, 7) is 1.90. The number of para-hydroxylation sites is 1. The largest absolute Gasteiger partial charge is 0.462 e. The number of carbonyl (C=O) groups excluding carboxylic acids is 2. The SMILES string of the molecule is CCOC(=O)C1=C(Nc2ccccc2)C(=O)OC1c1ccc(Cl)cc1. The van der Waals surface area contributed by atoms with Crippen molar-refractivity contribution >= 4 is 29.2 Å². The van der Waals surface area contributed by atoms with Crippen molar-refractivity contribution < 1.29 is 19.1 Å². The van der Waals surface area contributed by atoms with Gasteiger partial charge < -0.3 is 14.8 Å². The van der Waals surface area contributed by atoms with E-state index in [9.17, 15) is 9.59 Å². The summed E-state index contributed by atoms with van der Waals surface area (Å²) in [6, 6.07) is 15.9. The number of benzene rings is 2. The number of ether oxygens (including phenoxy) is 2. The van der Waals surface area contributed by atoms with Crippen LogP contribution < -0.4 is 5.32 Å². The number of halogens is 1. The zero-order chi connectivity index (χ0) is 17.8. The van der Waals surface area contributed by atoms with Crippen molar-refractivity contribution in [2.24, 2.45) is 0 Å². The fraction of sp³-hybridized carbons (Fsp3) is 0.158. The monoisotopic (exact) mass is 357 g/mol. The second-order valence-corrected chi connectivity index (χ2v) is 5.77. The summed E-state index contributed by atoms with van der Waals surface area (Å²) in [5.41, 5.74) is 1.56. The van der Waals surface area contributed by atoms with E-state index in [1.165, 1.54) is 0 Å². The van der Waals surface area contributed by atoms with Crippen LogP contribution in [-0.2, 0) is 19.1 Å². The summed E-state index contributed by atoms with van der Waals surface area (Å²) in [7, 11) is 0. The quantitative estimate of drug-likeness (QED) is 0.823. The summed E-state index contributed by atoms with van der Waals surface area (Å²) in [5, 5.41) is 3.52. The molecule has 0 spiro atoms. The van der Waals surface area contributed by atoms with Gasteiger partial charge in [-0.15, -0.1) is 0 Å². The molecule has 0 saturated heterocycles. The van der Waals surface area contributed by atoms with Crippen LogP contribution in [0.1, 0.15) is 18.6 Å². The molecule has 0 fully saturated rings. The fourth-order valence-electron chi connectivity index (χ4n) is 2.54. The Bertz CT molecular complexity index is 815. The highest BCUT2D eigenvalue weighted by molar-refractivity contribution is 6.30. The van der Waals surface area contributed by atoms with Gasteiger partial charge in [-0.1, -0.05) is 41.9 Å². The smallest absolute Gasteiger partial charge is 0.356 e. The lowest BCUT2D eigenvalue weighted by molar-refractivity contribution is -0.142. The van der Waals surface area contributed by atoms with Gasteiger partial charge in [-0.05, 0) is 36.8 Å². The van der Waals surface area contributed by atoms with Gasteiger partial charge in [0, 0.05) is 10.7 Å². The second kappa shape index (κ2) is 7.40. The summed E-state index contributed by atoms with van der Waals surface area (Å²) in [6.07, 6.45) is -0.838. The topological polar surface area (TPSA) is 64.6 Å². The number of anilines is 1. The Hall–Kier alpha value is -2.79. The molecular weight excluding hydrogens is 342 g/mol. The lowest BCUT2D eigenvalue weighted by atomic mass is 10.0. The molecule has 1 aliphatic heterocycles. The second-order valence-electron chi connectivity index (χ2n) is 5.34. The molecule has 3 rings (SSSR count). The van der Waals surface area contributed by atoms with Gasteiger partial charge in [0.2, 0.25) is 0 Å².